The summed E-state index contributed by atoms with van der Waals surface area (Å²) in [5.41, 5.74) is 0.443. The molecule has 1 aromatic carbocycles. The van der Waals surface area contributed by atoms with Crippen LogP contribution in [-0.2, 0) is 9.53 Å². The minimum Gasteiger partial charge on any atom is -0.469 e. The van der Waals surface area contributed by atoms with Crippen LogP contribution >= 0.6 is 27.5 Å². The van der Waals surface area contributed by atoms with Gasteiger partial charge in [-0.25, -0.2) is 0 Å². The van der Waals surface area contributed by atoms with E-state index < -0.39 is 0 Å². The lowest BCUT2D eigenvalue weighted by Gasteiger charge is -2.17. The van der Waals surface area contributed by atoms with Gasteiger partial charge >= 0.3 is 5.97 Å². The normalized spacial score (nSPS) is 21.9. The second-order valence-electron chi connectivity index (χ2n) is 4.92. The van der Waals surface area contributed by atoms with Crippen LogP contribution in [-0.4, -0.2) is 37.0 Å². The van der Waals surface area contributed by atoms with Crippen molar-refractivity contribution < 1.29 is 14.3 Å². The van der Waals surface area contributed by atoms with Crippen LogP contribution in [0.2, 0.25) is 5.02 Å². The minimum absolute atomic E-state index is 0.0809. The van der Waals surface area contributed by atoms with Crippen molar-refractivity contribution in [1.82, 2.24) is 4.90 Å². The van der Waals surface area contributed by atoms with Crippen LogP contribution in [0.1, 0.15) is 17.3 Å². The zero-order valence-corrected chi connectivity index (χ0v) is 13.6. The van der Waals surface area contributed by atoms with Crippen molar-refractivity contribution in [2.75, 3.05) is 20.2 Å². The summed E-state index contributed by atoms with van der Waals surface area (Å²) in [7, 11) is 1.37. The number of hydrogen-bond acceptors (Lipinski definition) is 3. The van der Waals surface area contributed by atoms with E-state index in [9.17, 15) is 9.59 Å². The number of hydrogen-bond donors (Lipinski definition) is 0. The van der Waals surface area contributed by atoms with Crippen LogP contribution in [0.15, 0.2) is 22.7 Å². The number of carbonyl (C=O) groups excluding carboxylic acids is 2. The Morgan fingerprint density at radius 2 is 2.10 bits per heavy atom. The van der Waals surface area contributed by atoms with Gasteiger partial charge in [-0.1, -0.05) is 24.6 Å². The summed E-state index contributed by atoms with van der Waals surface area (Å²) in [6.07, 6.45) is 0. The van der Waals surface area contributed by atoms with E-state index in [1.807, 2.05) is 6.92 Å². The first kappa shape index (κ1) is 15.3. The van der Waals surface area contributed by atoms with E-state index >= 15 is 0 Å². The van der Waals surface area contributed by atoms with Crippen molar-refractivity contribution in [2.24, 2.45) is 11.8 Å². The van der Waals surface area contributed by atoms with Crippen molar-refractivity contribution in [3.8, 4) is 0 Å². The molecule has 1 aromatic rings. The fourth-order valence-corrected chi connectivity index (χ4v) is 3.00. The number of esters is 1. The number of methoxy groups -OCH3 is 1. The van der Waals surface area contributed by atoms with Crippen LogP contribution in [0.3, 0.4) is 0 Å². The minimum atomic E-state index is -0.270. The lowest BCUT2D eigenvalue weighted by molar-refractivity contribution is -0.146. The Kier molecular flexibility index (Phi) is 4.70. The molecule has 2 unspecified atom stereocenters. The van der Waals surface area contributed by atoms with Crippen molar-refractivity contribution in [3.05, 3.63) is 33.3 Å². The van der Waals surface area contributed by atoms with Gasteiger partial charge in [-0.3, -0.25) is 9.59 Å². The maximum absolute atomic E-state index is 12.5. The van der Waals surface area contributed by atoms with Crippen molar-refractivity contribution >= 4 is 39.4 Å². The van der Waals surface area contributed by atoms with Gasteiger partial charge in [0.25, 0.3) is 5.91 Å². The second-order valence-corrected chi connectivity index (χ2v) is 6.15. The molecule has 0 saturated carbocycles. The monoisotopic (exact) mass is 359 g/mol. The third-order valence-corrected chi connectivity index (χ3v) is 4.88. The molecule has 2 atom stereocenters. The highest BCUT2D eigenvalue weighted by molar-refractivity contribution is 9.10. The summed E-state index contributed by atoms with van der Waals surface area (Å²) in [6, 6.07) is 5.23. The molecule has 1 aliphatic rings. The van der Waals surface area contributed by atoms with Crippen LogP contribution in [0.5, 0.6) is 0 Å². The molecule has 1 fully saturated rings. The lowest BCUT2D eigenvalue weighted by atomic mass is 9.99. The molecule has 0 N–H and O–H groups in total. The quantitative estimate of drug-likeness (QED) is 0.762. The molecule has 0 bridgehead atoms. The molecular formula is C14H15BrClNO3. The number of nitrogens with zero attached hydrogens (tertiary/aromatic N) is 1. The van der Waals surface area contributed by atoms with Crippen LogP contribution in [0.4, 0.5) is 0 Å². The Morgan fingerprint density at radius 3 is 2.75 bits per heavy atom. The largest absolute Gasteiger partial charge is 0.469 e. The van der Waals surface area contributed by atoms with Crippen molar-refractivity contribution in [2.45, 2.75) is 6.92 Å². The van der Waals surface area contributed by atoms with Gasteiger partial charge in [0.05, 0.1) is 23.6 Å². The van der Waals surface area contributed by atoms with E-state index in [1.165, 1.54) is 7.11 Å². The molecular weight excluding hydrogens is 346 g/mol. The number of likely N-dealkylation sites (tertiary alicyclic amines) is 1. The highest BCUT2D eigenvalue weighted by atomic mass is 79.9. The van der Waals surface area contributed by atoms with Gasteiger partial charge in [-0.2, -0.15) is 0 Å². The highest BCUT2D eigenvalue weighted by Crippen LogP contribution is 2.30. The molecule has 1 amide bonds. The number of halogens is 2. The fourth-order valence-electron chi connectivity index (χ4n) is 2.43. The summed E-state index contributed by atoms with van der Waals surface area (Å²) >= 11 is 9.45. The standard InChI is InChI=1S/C14H15BrClNO3/c1-8-6-17(7-10(8)14(19)20-2)13(18)9-4-3-5-11(15)12(9)16/h3-5,8,10H,6-7H2,1-2H3. The average molecular weight is 361 g/mol. The topological polar surface area (TPSA) is 46.6 Å². The van der Waals surface area contributed by atoms with Crippen LogP contribution in [0.25, 0.3) is 0 Å². The van der Waals surface area contributed by atoms with E-state index in [2.05, 4.69) is 15.9 Å². The fraction of sp³-hybridized carbons (Fsp3) is 0.429. The molecule has 0 radical (unpaired) electrons. The van der Waals surface area contributed by atoms with Gasteiger partial charge in [0.15, 0.2) is 0 Å². The van der Waals surface area contributed by atoms with Gasteiger partial charge < -0.3 is 9.64 Å². The van der Waals surface area contributed by atoms with Crippen molar-refractivity contribution in [3.63, 3.8) is 0 Å². The highest BCUT2D eigenvalue weighted by Gasteiger charge is 2.38. The third-order valence-electron chi connectivity index (χ3n) is 3.59. The number of carbonyl (C=O) groups is 2. The summed E-state index contributed by atoms with van der Waals surface area (Å²) in [6.45, 7) is 2.84. The number of rotatable bonds is 2. The number of ether oxygens (including phenoxy) is 1. The van der Waals surface area contributed by atoms with E-state index in [0.717, 1.165) is 0 Å². The van der Waals surface area contributed by atoms with Gasteiger partial charge in [-0.05, 0) is 34.0 Å². The second kappa shape index (κ2) is 6.14. The Bertz CT molecular complexity index is 549. The summed E-state index contributed by atoms with van der Waals surface area (Å²) < 4.78 is 5.45. The Morgan fingerprint density at radius 1 is 1.40 bits per heavy atom. The maximum Gasteiger partial charge on any atom is 0.310 e. The molecule has 108 valence electrons. The molecule has 0 aliphatic carbocycles. The van der Waals surface area contributed by atoms with Gasteiger partial charge in [-0.15, -0.1) is 0 Å². The SMILES string of the molecule is COC(=O)C1CN(C(=O)c2cccc(Br)c2Cl)CC1C. The molecule has 20 heavy (non-hydrogen) atoms. The number of benzene rings is 1. The Hall–Kier alpha value is -1.07. The third kappa shape index (κ3) is 2.83. The summed E-state index contributed by atoms with van der Waals surface area (Å²) in [4.78, 5) is 25.8. The first-order valence-corrected chi connectivity index (χ1v) is 7.44. The van der Waals surface area contributed by atoms with Gasteiger partial charge in [0, 0.05) is 17.6 Å². The Balaban J connectivity index is 2.19. The summed E-state index contributed by atoms with van der Waals surface area (Å²) in [5.74, 6) is -0.616. The van der Waals surface area contributed by atoms with Crippen LogP contribution in [0, 0.1) is 11.8 Å². The molecule has 6 heteroatoms. The van der Waals surface area contributed by atoms with Gasteiger partial charge in [0.1, 0.15) is 0 Å². The summed E-state index contributed by atoms with van der Waals surface area (Å²) in [5, 5.41) is 0.395. The van der Waals surface area contributed by atoms with E-state index in [0.29, 0.717) is 28.1 Å². The van der Waals surface area contributed by atoms with E-state index in [-0.39, 0.29) is 23.7 Å². The zero-order chi connectivity index (χ0) is 14.9. The molecule has 0 spiro atoms. The average Bonchev–Trinajstić information content (AvgIpc) is 2.82. The molecule has 1 aliphatic heterocycles. The maximum atomic E-state index is 12.5. The molecule has 0 aromatic heterocycles. The smallest absolute Gasteiger partial charge is 0.310 e. The Labute approximate surface area is 131 Å². The molecule has 2 rings (SSSR count). The molecule has 1 saturated heterocycles. The first-order valence-electron chi connectivity index (χ1n) is 6.26. The predicted molar refractivity (Wildman–Crippen MR) is 79.7 cm³/mol. The first-order chi connectivity index (χ1) is 9.45. The van der Waals surface area contributed by atoms with E-state index in [1.54, 1.807) is 23.1 Å². The van der Waals surface area contributed by atoms with Gasteiger partial charge in [0.2, 0.25) is 0 Å². The predicted octanol–water partition coefficient (Wildman–Crippen LogP) is 2.98. The van der Waals surface area contributed by atoms with E-state index in [4.69, 9.17) is 16.3 Å². The number of amides is 1. The lowest BCUT2D eigenvalue weighted by Crippen LogP contribution is -2.30. The zero-order valence-electron chi connectivity index (χ0n) is 11.2. The molecule has 4 nitrogen and oxygen atoms in total. The molecule has 1 heterocycles. The van der Waals surface area contributed by atoms with Crippen LogP contribution < -0.4 is 0 Å². The van der Waals surface area contributed by atoms with Crippen molar-refractivity contribution in [1.29, 1.82) is 0 Å².